The number of benzene rings is 3. The molecule has 0 aliphatic heterocycles. The molecule has 1 heterocycles. The minimum Gasteiger partial charge on any atom is -0.256 e. The van der Waals surface area contributed by atoms with Crippen LogP contribution in [0.2, 0.25) is 0 Å². The third-order valence-electron chi connectivity index (χ3n) is 4.87. The molecule has 0 aliphatic rings. The summed E-state index contributed by atoms with van der Waals surface area (Å²) in [4.78, 5) is 4.44. The van der Waals surface area contributed by atoms with Crippen molar-refractivity contribution in [2.45, 2.75) is 12.8 Å². The highest BCUT2D eigenvalue weighted by atomic mass is 19.1. The molecule has 0 radical (unpaired) electrons. The maximum Gasteiger partial charge on any atom is 0.139 e. The first-order valence-electron chi connectivity index (χ1n) is 9.69. The van der Waals surface area contributed by atoms with Crippen LogP contribution in [-0.4, -0.2) is 4.98 Å². The van der Waals surface area contributed by atoms with Crippen LogP contribution in [0.3, 0.4) is 0 Å². The van der Waals surface area contributed by atoms with Crippen LogP contribution in [-0.2, 0) is 6.42 Å². The molecule has 0 bridgehead atoms. The van der Waals surface area contributed by atoms with Crippen LogP contribution in [0.4, 0.5) is 8.78 Å². The van der Waals surface area contributed by atoms with E-state index in [0.29, 0.717) is 11.1 Å². The van der Waals surface area contributed by atoms with Crippen LogP contribution in [0.5, 0.6) is 0 Å². The number of hydrogen-bond donors (Lipinski definition) is 0. The van der Waals surface area contributed by atoms with E-state index in [9.17, 15) is 8.78 Å². The zero-order valence-electron chi connectivity index (χ0n) is 16.3. The second-order valence-electron chi connectivity index (χ2n) is 7.03. The van der Waals surface area contributed by atoms with Gasteiger partial charge in [-0.05, 0) is 71.6 Å². The van der Waals surface area contributed by atoms with Gasteiger partial charge in [0.15, 0.2) is 0 Å². The Balaban J connectivity index is 1.55. The average Bonchev–Trinajstić information content (AvgIpc) is 2.77. The van der Waals surface area contributed by atoms with E-state index >= 15 is 0 Å². The molecule has 0 saturated heterocycles. The van der Waals surface area contributed by atoms with E-state index in [1.807, 2.05) is 42.6 Å². The number of fused-ring (bicyclic) bond motifs is 1. The molecule has 0 unspecified atom stereocenters. The predicted octanol–water partition coefficient (Wildman–Crippen LogP) is 6.70. The second kappa shape index (κ2) is 8.71. The van der Waals surface area contributed by atoms with Crippen molar-refractivity contribution in [3.8, 4) is 23.1 Å². The lowest BCUT2D eigenvalue weighted by atomic mass is 10.0. The molecule has 0 saturated carbocycles. The lowest BCUT2D eigenvalue weighted by Gasteiger charge is -2.04. The highest BCUT2D eigenvalue weighted by Crippen LogP contribution is 2.21. The first-order valence-corrected chi connectivity index (χ1v) is 9.69. The number of aromatic nitrogens is 1. The topological polar surface area (TPSA) is 12.9 Å². The standard InChI is InChI=1S/C27H19F2N/c1-2-3-4-20-7-14-27(30-18-20)24-11-10-21(26(29)17-24)8-5-19-6-9-23-16-25(28)13-12-22(23)15-19/h2,6-7,9-18H,1,3-4H2. The van der Waals surface area contributed by atoms with Gasteiger partial charge in [0.05, 0.1) is 11.3 Å². The van der Waals surface area contributed by atoms with Crippen molar-refractivity contribution in [1.29, 1.82) is 0 Å². The van der Waals surface area contributed by atoms with Gasteiger partial charge in [-0.1, -0.05) is 42.2 Å². The Morgan fingerprint density at radius 1 is 0.867 bits per heavy atom. The molecule has 3 heteroatoms. The average molecular weight is 395 g/mol. The Morgan fingerprint density at radius 3 is 2.47 bits per heavy atom. The molecular formula is C27H19F2N. The monoisotopic (exact) mass is 395 g/mol. The summed E-state index contributed by atoms with van der Waals surface area (Å²) >= 11 is 0. The molecule has 1 nitrogen and oxygen atoms in total. The van der Waals surface area contributed by atoms with E-state index < -0.39 is 0 Å². The van der Waals surface area contributed by atoms with Gasteiger partial charge in [0.25, 0.3) is 0 Å². The summed E-state index contributed by atoms with van der Waals surface area (Å²) in [5, 5.41) is 1.70. The predicted molar refractivity (Wildman–Crippen MR) is 118 cm³/mol. The number of nitrogens with zero attached hydrogens (tertiary/aromatic N) is 1. The van der Waals surface area contributed by atoms with Crippen molar-refractivity contribution >= 4 is 10.8 Å². The lowest BCUT2D eigenvalue weighted by molar-refractivity contribution is 0.625. The van der Waals surface area contributed by atoms with Crippen molar-refractivity contribution in [3.05, 3.63) is 114 Å². The minimum absolute atomic E-state index is 0.274. The van der Waals surface area contributed by atoms with E-state index in [4.69, 9.17) is 0 Å². The maximum absolute atomic E-state index is 14.6. The fourth-order valence-electron chi connectivity index (χ4n) is 3.22. The molecule has 3 aromatic carbocycles. The van der Waals surface area contributed by atoms with Crippen LogP contribution in [0.15, 0.2) is 85.6 Å². The van der Waals surface area contributed by atoms with Crippen LogP contribution < -0.4 is 0 Å². The molecule has 1 aromatic heterocycles. The van der Waals surface area contributed by atoms with E-state index in [-0.39, 0.29) is 11.6 Å². The molecule has 0 spiro atoms. The Bertz CT molecular complexity index is 1280. The largest absolute Gasteiger partial charge is 0.256 e. The highest BCUT2D eigenvalue weighted by Gasteiger charge is 2.05. The van der Waals surface area contributed by atoms with Crippen molar-refractivity contribution in [1.82, 2.24) is 4.98 Å². The highest BCUT2D eigenvalue weighted by molar-refractivity contribution is 5.84. The van der Waals surface area contributed by atoms with Crippen LogP contribution in [0.1, 0.15) is 23.1 Å². The Morgan fingerprint density at radius 2 is 1.70 bits per heavy atom. The van der Waals surface area contributed by atoms with Gasteiger partial charge in [-0.25, -0.2) is 8.78 Å². The fourth-order valence-corrected chi connectivity index (χ4v) is 3.22. The summed E-state index contributed by atoms with van der Waals surface area (Å²) in [5.41, 5.74) is 3.62. The number of hydrogen-bond acceptors (Lipinski definition) is 1. The SMILES string of the molecule is C=CCCc1ccc(-c2ccc(C#Cc3ccc4cc(F)ccc4c3)c(F)c2)nc1. The smallest absolute Gasteiger partial charge is 0.139 e. The third-order valence-corrected chi connectivity index (χ3v) is 4.87. The zero-order chi connectivity index (χ0) is 20.9. The lowest BCUT2D eigenvalue weighted by Crippen LogP contribution is -1.90. The summed E-state index contributed by atoms with van der Waals surface area (Å²) in [6, 6.07) is 18.9. The number of rotatable bonds is 4. The van der Waals surface area contributed by atoms with Gasteiger partial charge in [-0.2, -0.15) is 0 Å². The van der Waals surface area contributed by atoms with E-state index in [2.05, 4.69) is 23.4 Å². The molecule has 0 amide bonds. The summed E-state index contributed by atoms with van der Waals surface area (Å²) in [5.74, 6) is 5.21. The molecule has 0 N–H and O–H groups in total. The molecule has 0 aliphatic carbocycles. The summed E-state index contributed by atoms with van der Waals surface area (Å²) < 4.78 is 27.9. The van der Waals surface area contributed by atoms with Crippen molar-refractivity contribution in [3.63, 3.8) is 0 Å². The van der Waals surface area contributed by atoms with Gasteiger partial charge < -0.3 is 0 Å². The number of aryl methyl sites for hydroxylation is 1. The van der Waals surface area contributed by atoms with Crippen LogP contribution >= 0.6 is 0 Å². The van der Waals surface area contributed by atoms with E-state index in [1.54, 1.807) is 18.2 Å². The fraction of sp³-hybridized carbons (Fsp3) is 0.0741. The Labute approximate surface area is 174 Å². The number of pyridine rings is 1. The zero-order valence-corrected chi connectivity index (χ0v) is 16.3. The van der Waals surface area contributed by atoms with Gasteiger partial charge in [0.1, 0.15) is 11.6 Å². The summed E-state index contributed by atoms with van der Waals surface area (Å²) in [7, 11) is 0. The van der Waals surface area contributed by atoms with Gasteiger partial charge in [-0.15, -0.1) is 6.58 Å². The minimum atomic E-state index is -0.389. The molecule has 4 aromatic rings. The van der Waals surface area contributed by atoms with Gasteiger partial charge >= 0.3 is 0 Å². The second-order valence-corrected chi connectivity index (χ2v) is 7.03. The molecule has 30 heavy (non-hydrogen) atoms. The number of allylic oxidation sites excluding steroid dienone is 1. The third kappa shape index (κ3) is 4.45. The van der Waals surface area contributed by atoms with Crippen LogP contribution in [0.25, 0.3) is 22.0 Å². The van der Waals surface area contributed by atoms with Gasteiger partial charge in [0, 0.05) is 17.3 Å². The molecular weight excluding hydrogens is 376 g/mol. The van der Waals surface area contributed by atoms with E-state index in [0.717, 1.165) is 40.4 Å². The first kappa shape index (κ1) is 19.5. The first-order chi connectivity index (χ1) is 14.6. The van der Waals surface area contributed by atoms with Crippen molar-refractivity contribution < 1.29 is 8.78 Å². The maximum atomic E-state index is 14.6. The Kier molecular flexibility index (Phi) is 5.68. The summed E-state index contributed by atoms with van der Waals surface area (Å²) in [6.07, 6.45) is 5.48. The number of halogens is 2. The summed E-state index contributed by atoms with van der Waals surface area (Å²) in [6.45, 7) is 3.72. The van der Waals surface area contributed by atoms with Gasteiger partial charge in [-0.3, -0.25) is 4.98 Å². The van der Waals surface area contributed by atoms with Gasteiger partial charge in [0.2, 0.25) is 0 Å². The quantitative estimate of drug-likeness (QED) is 0.277. The van der Waals surface area contributed by atoms with Crippen molar-refractivity contribution in [2.75, 3.05) is 0 Å². The van der Waals surface area contributed by atoms with Crippen LogP contribution in [0, 0.1) is 23.5 Å². The molecule has 4 rings (SSSR count). The molecule has 0 atom stereocenters. The molecule has 0 fully saturated rings. The van der Waals surface area contributed by atoms with E-state index in [1.165, 1.54) is 18.2 Å². The molecule has 146 valence electrons. The van der Waals surface area contributed by atoms with Crippen molar-refractivity contribution in [2.24, 2.45) is 0 Å². The Hall–Kier alpha value is -3.77. The normalized spacial score (nSPS) is 10.5.